The number of methoxy groups -OCH3 is 1. The summed E-state index contributed by atoms with van der Waals surface area (Å²) in [5.41, 5.74) is 2.27. The highest BCUT2D eigenvalue weighted by molar-refractivity contribution is 6.01. The maximum Gasteiger partial charge on any atom is 0.267 e. The molecule has 1 amide bonds. The molecule has 3 aromatic rings. The van der Waals surface area contributed by atoms with Crippen LogP contribution in [0.1, 0.15) is 46.3 Å². The fourth-order valence-corrected chi connectivity index (χ4v) is 4.45. The molecule has 0 saturated carbocycles. The van der Waals surface area contributed by atoms with E-state index in [1.54, 1.807) is 24.4 Å². The number of hydrogen-bond acceptors (Lipinski definition) is 6. The molecular formula is C25H29FN4O4. The van der Waals surface area contributed by atoms with Gasteiger partial charge >= 0.3 is 0 Å². The van der Waals surface area contributed by atoms with Crippen molar-refractivity contribution in [2.24, 2.45) is 7.05 Å². The average molecular weight is 469 g/mol. The molecule has 34 heavy (non-hydrogen) atoms. The van der Waals surface area contributed by atoms with Gasteiger partial charge in [-0.1, -0.05) is 12.5 Å². The van der Waals surface area contributed by atoms with Gasteiger partial charge < -0.3 is 19.7 Å². The number of nitrogens with one attached hydrogen (secondary N) is 1. The highest BCUT2D eigenvalue weighted by Crippen LogP contribution is 2.26. The van der Waals surface area contributed by atoms with Crippen LogP contribution in [0.15, 0.2) is 35.3 Å². The van der Waals surface area contributed by atoms with Gasteiger partial charge in [0.05, 0.1) is 5.52 Å². The predicted molar refractivity (Wildman–Crippen MR) is 126 cm³/mol. The van der Waals surface area contributed by atoms with Crippen LogP contribution in [0.25, 0.3) is 11.0 Å². The van der Waals surface area contributed by atoms with Crippen molar-refractivity contribution in [2.45, 2.75) is 32.2 Å². The standard InChI is InChI=1S/C25H29FN4O4/c1-29-20-11-16(13-27-22(20)23(31)21(25(29)33)24(32)28-15-34-2)10-17-6-7-19(26)12-18(17)14-30-8-4-3-5-9-30/h6-7,11-13,31H,3-5,8-10,14-15H2,1-2H3,(H,28,32). The van der Waals surface area contributed by atoms with Crippen LogP contribution in [0.4, 0.5) is 4.39 Å². The molecule has 2 aromatic heterocycles. The molecule has 8 nitrogen and oxygen atoms in total. The van der Waals surface area contributed by atoms with Crippen molar-refractivity contribution < 1.29 is 19.0 Å². The van der Waals surface area contributed by atoms with E-state index in [1.165, 1.54) is 31.2 Å². The molecule has 0 radical (unpaired) electrons. The number of ether oxygens (including phenoxy) is 1. The van der Waals surface area contributed by atoms with Crippen molar-refractivity contribution in [3.63, 3.8) is 0 Å². The van der Waals surface area contributed by atoms with Gasteiger partial charge in [-0.25, -0.2) is 4.39 Å². The fourth-order valence-electron chi connectivity index (χ4n) is 4.45. The van der Waals surface area contributed by atoms with Crippen LogP contribution in [-0.4, -0.2) is 52.4 Å². The number of halogens is 1. The summed E-state index contributed by atoms with van der Waals surface area (Å²) < 4.78 is 20.1. The summed E-state index contributed by atoms with van der Waals surface area (Å²) >= 11 is 0. The van der Waals surface area contributed by atoms with Crippen LogP contribution in [0.5, 0.6) is 5.75 Å². The van der Waals surface area contributed by atoms with Crippen molar-refractivity contribution in [2.75, 3.05) is 26.9 Å². The van der Waals surface area contributed by atoms with Gasteiger partial charge in [0.1, 0.15) is 23.6 Å². The molecule has 1 aromatic carbocycles. The number of likely N-dealkylation sites (tertiary alicyclic amines) is 1. The highest BCUT2D eigenvalue weighted by Gasteiger charge is 2.22. The number of carbonyl (C=O) groups is 1. The normalized spacial score (nSPS) is 14.4. The molecule has 0 bridgehead atoms. The lowest BCUT2D eigenvalue weighted by atomic mass is 9.99. The Hall–Kier alpha value is -3.30. The van der Waals surface area contributed by atoms with Crippen LogP contribution in [-0.2, 0) is 24.8 Å². The van der Waals surface area contributed by atoms with Crippen molar-refractivity contribution in [1.29, 1.82) is 0 Å². The van der Waals surface area contributed by atoms with E-state index in [0.29, 0.717) is 18.5 Å². The average Bonchev–Trinajstić information content (AvgIpc) is 2.83. The van der Waals surface area contributed by atoms with Gasteiger partial charge in [-0.3, -0.25) is 19.5 Å². The molecule has 0 aliphatic carbocycles. The summed E-state index contributed by atoms with van der Waals surface area (Å²) in [6.07, 6.45) is 5.65. The van der Waals surface area contributed by atoms with E-state index in [9.17, 15) is 19.1 Å². The molecule has 2 N–H and O–H groups in total. The molecular weight excluding hydrogens is 439 g/mol. The monoisotopic (exact) mass is 468 g/mol. The van der Waals surface area contributed by atoms with Crippen LogP contribution in [0.2, 0.25) is 0 Å². The van der Waals surface area contributed by atoms with Gasteiger partial charge in [0.25, 0.3) is 11.5 Å². The lowest BCUT2D eigenvalue weighted by Gasteiger charge is -2.27. The minimum Gasteiger partial charge on any atom is -0.505 e. The number of aromatic nitrogens is 2. The lowest BCUT2D eigenvalue weighted by molar-refractivity contribution is 0.0867. The smallest absolute Gasteiger partial charge is 0.267 e. The first kappa shape index (κ1) is 23.8. The second-order valence-electron chi connectivity index (χ2n) is 8.66. The molecule has 180 valence electrons. The zero-order valence-electron chi connectivity index (χ0n) is 19.4. The first-order valence-electron chi connectivity index (χ1n) is 11.4. The zero-order chi connectivity index (χ0) is 24.2. The van der Waals surface area contributed by atoms with Crippen molar-refractivity contribution >= 4 is 16.9 Å². The Kier molecular flexibility index (Phi) is 7.23. The van der Waals surface area contributed by atoms with Crippen molar-refractivity contribution in [3.8, 4) is 5.75 Å². The third-order valence-corrected chi connectivity index (χ3v) is 6.27. The molecule has 3 heterocycles. The number of benzene rings is 1. The van der Waals surface area contributed by atoms with E-state index in [1.807, 2.05) is 0 Å². The topological polar surface area (TPSA) is 96.7 Å². The number of nitrogens with zero attached hydrogens (tertiary/aromatic N) is 3. The largest absolute Gasteiger partial charge is 0.505 e. The number of piperidine rings is 1. The van der Waals surface area contributed by atoms with Crippen molar-refractivity contribution in [3.05, 3.63) is 68.9 Å². The van der Waals surface area contributed by atoms with Crippen LogP contribution < -0.4 is 10.9 Å². The second-order valence-corrected chi connectivity index (χ2v) is 8.66. The van der Waals surface area contributed by atoms with Gasteiger partial charge in [0, 0.05) is 26.9 Å². The number of rotatable bonds is 7. The Bertz CT molecular complexity index is 1270. The second kappa shape index (κ2) is 10.3. The fraction of sp³-hybridized carbons (Fsp3) is 0.400. The number of fused-ring (bicyclic) bond motifs is 1. The van der Waals surface area contributed by atoms with E-state index in [0.717, 1.165) is 42.6 Å². The maximum atomic E-state index is 14.0. The summed E-state index contributed by atoms with van der Waals surface area (Å²) in [5, 5.41) is 13.1. The van der Waals surface area contributed by atoms with Crippen LogP contribution in [0.3, 0.4) is 0 Å². The molecule has 1 aliphatic heterocycles. The molecule has 0 unspecified atom stereocenters. The first-order valence-corrected chi connectivity index (χ1v) is 11.4. The number of carbonyl (C=O) groups excluding carboxylic acids is 1. The molecule has 1 saturated heterocycles. The Morgan fingerprint density at radius 3 is 2.71 bits per heavy atom. The Morgan fingerprint density at radius 1 is 1.21 bits per heavy atom. The molecule has 0 atom stereocenters. The predicted octanol–water partition coefficient (Wildman–Crippen LogP) is 2.69. The van der Waals surface area contributed by atoms with Gasteiger partial charge in [-0.2, -0.15) is 0 Å². The highest BCUT2D eigenvalue weighted by atomic mass is 19.1. The van der Waals surface area contributed by atoms with Crippen LogP contribution >= 0.6 is 0 Å². The minimum absolute atomic E-state index is 0.0940. The van der Waals surface area contributed by atoms with Gasteiger partial charge in [-0.15, -0.1) is 0 Å². The zero-order valence-corrected chi connectivity index (χ0v) is 19.4. The summed E-state index contributed by atoms with van der Waals surface area (Å²) in [5.74, 6) is -1.47. The van der Waals surface area contributed by atoms with Gasteiger partial charge in [0.15, 0.2) is 5.75 Å². The Balaban J connectivity index is 1.67. The molecule has 0 spiro atoms. The third-order valence-electron chi connectivity index (χ3n) is 6.27. The molecule has 1 aliphatic rings. The van der Waals surface area contributed by atoms with E-state index in [4.69, 9.17) is 4.74 Å². The number of aromatic hydroxyl groups is 1. The molecule has 9 heteroatoms. The summed E-state index contributed by atoms with van der Waals surface area (Å²) in [4.78, 5) is 31.9. The van der Waals surface area contributed by atoms with E-state index < -0.39 is 17.2 Å². The number of amides is 1. The van der Waals surface area contributed by atoms with Gasteiger partial charge in [-0.05, 0) is 67.2 Å². The molecule has 1 fully saturated rings. The van der Waals surface area contributed by atoms with E-state index in [2.05, 4.69) is 15.2 Å². The molecule has 4 rings (SSSR count). The van der Waals surface area contributed by atoms with Crippen LogP contribution in [0, 0.1) is 5.82 Å². The number of aryl methyl sites for hydroxylation is 1. The quantitative estimate of drug-likeness (QED) is 0.518. The van der Waals surface area contributed by atoms with Gasteiger partial charge in [0.2, 0.25) is 0 Å². The summed E-state index contributed by atoms with van der Waals surface area (Å²) in [7, 11) is 2.93. The lowest BCUT2D eigenvalue weighted by Crippen LogP contribution is -2.33. The number of pyridine rings is 2. The summed E-state index contributed by atoms with van der Waals surface area (Å²) in [6, 6.07) is 6.60. The third kappa shape index (κ3) is 4.95. The SMILES string of the molecule is COCNC(=O)c1c(O)c2ncc(Cc3ccc(F)cc3CN3CCCCC3)cc2n(C)c1=O. The minimum atomic E-state index is -0.735. The summed E-state index contributed by atoms with van der Waals surface area (Å²) in [6.45, 7) is 2.61. The van der Waals surface area contributed by atoms with Crippen molar-refractivity contribution in [1.82, 2.24) is 19.8 Å². The van der Waals surface area contributed by atoms with E-state index in [-0.39, 0.29) is 23.6 Å². The number of hydrogen-bond donors (Lipinski definition) is 2. The maximum absolute atomic E-state index is 14.0. The van der Waals surface area contributed by atoms with E-state index >= 15 is 0 Å². The first-order chi connectivity index (χ1) is 16.4. The Morgan fingerprint density at radius 2 is 1.97 bits per heavy atom. The Labute approximate surface area is 197 Å².